The molecule has 0 saturated heterocycles. The van der Waals surface area contributed by atoms with Gasteiger partial charge in [0.25, 0.3) is 0 Å². The maximum absolute atomic E-state index is 5.84. The highest BCUT2D eigenvalue weighted by molar-refractivity contribution is 9.10. The zero-order valence-electron chi connectivity index (χ0n) is 10.5. The molecule has 2 rings (SSSR count). The van der Waals surface area contributed by atoms with Gasteiger partial charge in [0, 0.05) is 29.8 Å². The van der Waals surface area contributed by atoms with E-state index >= 15 is 0 Å². The summed E-state index contributed by atoms with van der Waals surface area (Å²) in [6, 6.07) is 5.95. The Labute approximate surface area is 115 Å². The molecule has 0 fully saturated rings. The molecule has 96 valence electrons. The maximum Gasteiger partial charge on any atom is 0.132 e. The van der Waals surface area contributed by atoms with Crippen LogP contribution in [0.2, 0.25) is 0 Å². The number of benzene rings is 1. The molecule has 0 atom stereocenters. The largest absolute Gasteiger partial charge is 0.487 e. The summed E-state index contributed by atoms with van der Waals surface area (Å²) in [7, 11) is 1.89. The molecule has 5 heteroatoms. The molecule has 1 aromatic carbocycles. The summed E-state index contributed by atoms with van der Waals surface area (Å²) in [5, 5.41) is 4.28. The van der Waals surface area contributed by atoms with Crippen molar-refractivity contribution < 1.29 is 4.74 Å². The Morgan fingerprint density at radius 3 is 2.83 bits per heavy atom. The number of nitrogens with two attached hydrogens (primary N) is 1. The first-order valence-electron chi connectivity index (χ1n) is 5.70. The molecule has 1 aromatic heterocycles. The summed E-state index contributed by atoms with van der Waals surface area (Å²) in [5.74, 6) is 0.853. The van der Waals surface area contributed by atoms with Crippen LogP contribution in [0.4, 0.5) is 0 Å². The van der Waals surface area contributed by atoms with Gasteiger partial charge in [0.05, 0.1) is 5.69 Å². The van der Waals surface area contributed by atoms with Crippen LogP contribution in [0.15, 0.2) is 28.9 Å². The van der Waals surface area contributed by atoms with E-state index in [1.807, 2.05) is 38.4 Å². The number of hydrogen-bond acceptors (Lipinski definition) is 3. The Kier molecular flexibility index (Phi) is 4.04. The summed E-state index contributed by atoms with van der Waals surface area (Å²) < 4.78 is 8.62. The van der Waals surface area contributed by atoms with Crippen molar-refractivity contribution in [1.29, 1.82) is 0 Å². The fourth-order valence-corrected chi connectivity index (χ4v) is 2.46. The van der Waals surface area contributed by atoms with E-state index in [0.29, 0.717) is 13.2 Å². The minimum absolute atomic E-state index is 0.455. The van der Waals surface area contributed by atoms with Gasteiger partial charge in [-0.2, -0.15) is 5.10 Å². The van der Waals surface area contributed by atoms with Crippen LogP contribution in [0, 0.1) is 6.92 Å². The molecule has 0 saturated carbocycles. The maximum atomic E-state index is 5.84. The van der Waals surface area contributed by atoms with Gasteiger partial charge in [-0.25, -0.2) is 0 Å². The first-order valence-corrected chi connectivity index (χ1v) is 6.50. The lowest BCUT2D eigenvalue weighted by Crippen LogP contribution is -2.05. The van der Waals surface area contributed by atoms with Crippen molar-refractivity contribution in [3.8, 4) is 5.75 Å². The molecule has 0 unspecified atom stereocenters. The minimum Gasteiger partial charge on any atom is -0.487 e. The topological polar surface area (TPSA) is 53.1 Å². The van der Waals surface area contributed by atoms with Gasteiger partial charge in [-0.1, -0.05) is 15.9 Å². The van der Waals surface area contributed by atoms with Gasteiger partial charge in [0.1, 0.15) is 12.4 Å². The lowest BCUT2D eigenvalue weighted by Gasteiger charge is -2.13. The third-order valence-corrected chi connectivity index (χ3v) is 3.13. The predicted octanol–water partition coefficient (Wildman–Crippen LogP) is 2.53. The minimum atomic E-state index is 0.455. The summed E-state index contributed by atoms with van der Waals surface area (Å²) in [6.07, 6.45) is 1.90. The van der Waals surface area contributed by atoms with Crippen LogP contribution in [0.5, 0.6) is 5.75 Å². The lowest BCUT2D eigenvalue weighted by atomic mass is 10.1. The molecule has 1 heterocycles. The number of nitrogens with zero attached hydrogens (tertiary/aromatic N) is 2. The first-order chi connectivity index (χ1) is 8.60. The second-order valence-electron chi connectivity index (χ2n) is 4.18. The highest BCUT2D eigenvalue weighted by Gasteiger charge is 2.09. The molecule has 18 heavy (non-hydrogen) atoms. The van der Waals surface area contributed by atoms with Crippen molar-refractivity contribution in [3.63, 3.8) is 0 Å². The highest BCUT2D eigenvalue weighted by Crippen LogP contribution is 2.28. The number of aryl methyl sites for hydroxylation is 2. The Balaban J connectivity index is 2.18. The highest BCUT2D eigenvalue weighted by atomic mass is 79.9. The van der Waals surface area contributed by atoms with Crippen molar-refractivity contribution in [2.45, 2.75) is 20.1 Å². The quantitative estimate of drug-likeness (QED) is 0.944. The average Bonchev–Trinajstić information content (AvgIpc) is 2.73. The van der Waals surface area contributed by atoms with E-state index in [9.17, 15) is 0 Å². The van der Waals surface area contributed by atoms with Gasteiger partial charge in [0.2, 0.25) is 0 Å². The summed E-state index contributed by atoms with van der Waals surface area (Å²) in [6.45, 7) is 2.92. The summed E-state index contributed by atoms with van der Waals surface area (Å²) in [5.41, 5.74) is 8.71. The Morgan fingerprint density at radius 2 is 2.22 bits per heavy atom. The van der Waals surface area contributed by atoms with Crippen molar-refractivity contribution in [1.82, 2.24) is 9.78 Å². The second kappa shape index (κ2) is 5.54. The summed E-state index contributed by atoms with van der Waals surface area (Å²) in [4.78, 5) is 0. The lowest BCUT2D eigenvalue weighted by molar-refractivity contribution is 0.295. The van der Waals surface area contributed by atoms with Crippen molar-refractivity contribution in [2.24, 2.45) is 12.8 Å². The van der Waals surface area contributed by atoms with Crippen molar-refractivity contribution >= 4 is 15.9 Å². The smallest absolute Gasteiger partial charge is 0.132 e. The molecule has 0 aliphatic carbocycles. The Hall–Kier alpha value is -1.33. The van der Waals surface area contributed by atoms with E-state index in [4.69, 9.17) is 10.5 Å². The Bertz CT molecular complexity index is 551. The van der Waals surface area contributed by atoms with Crippen molar-refractivity contribution in [3.05, 3.63) is 45.7 Å². The second-order valence-corrected chi connectivity index (χ2v) is 5.10. The monoisotopic (exact) mass is 309 g/mol. The van der Waals surface area contributed by atoms with Crippen LogP contribution in [-0.4, -0.2) is 9.78 Å². The molecular weight excluding hydrogens is 294 g/mol. The predicted molar refractivity (Wildman–Crippen MR) is 74.3 cm³/mol. The molecule has 2 N–H and O–H groups in total. The molecule has 0 radical (unpaired) electrons. The first kappa shape index (κ1) is 13.1. The number of aromatic nitrogens is 2. The number of hydrogen-bond donors (Lipinski definition) is 1. The van der Waals surface area contributed by atoms with Crippen LogP contribution in [0.3, 0.4) is 0 Å². The molecular formula is C13H16BrN3O. The number of halogens is 1. The molecule has 0 spiro atoms. The third-order valence-electron chi connectivity index (χ3n) is 2.67. The van der Waals surface area contributed by atoms with Crippen LogP contribution >= 0.6 is 15.9 Å². The fraction of sp³-hybridized carbons (Fsp3) is 0.308. The van der Waals surface area contributed by atoms with Crippen molar-refractivity contribution in [2.75, 3.05) is 0 Å². The average molecular weight is 310 g/mol. The van der Waals surface area contributed by atoms with Crippen LogP contribution in [0.25, 0.3) is 0 Å². The van der Waals surface area contributed by atoms with Gasteiger partial charge >= 0.3 is 0 Å². The number of rotatable bonds is 4. The Morgan fingerprint density at radius 1 is 1.44 bits per heavy atom. The molecule has 0 amide bonds. The zero-order chi connectivity index (χ0) is 13.1. The van der Waals surface area contributed by atoms with Crippen LogP contribution in [0.1, 0.15) is 16.8 Å². The molecule has 4 nitrogen and oxygen atoms in total. The van der Waals surface area contributed by atoms with Gasteiger partial charge in [-0.05, 0) is 30.7 Å². The SMILES string of the molecule is Cc1cc(Br)cc(CN)c1OCc1ccn(C)n1. The van der Waals surface area contributed by atoms with Crippen LogP contribution in [-0.2, 0) is 20.2 Å². The van der Waals surface area contributed by atoms with Gasteiger partial charge in [-0.15, -0.1) is 0 Å². The van der Waals surface area contributed by atoms with E-state index in [0.717, 1.165) is 27.0 Å². The van der Waals surface area contributed by atoms with Gasteiger partial charge < -0.3 is 10.5 Å². The van der Waals surface area contributed by atoms with E-state index in [2.05, 4.69) is 21.0 Å². The molecule has 0 bridgehead atoms. The van der Waals surface area contributed by atoms with E-state index in [1.54, 1.807) is 4.68 Å². The zero-order valence-corrected chi connectivity index (χ0v) is 12.1. The normalized spacial score (nSPS) is 10.7. The third kappa shape index (κ3) is 2.91. The molecule has 2 aromatic rings. The standard InChI is InChI=1S/C13H16BrN3O/c1-9-5-11(14)6-10(7-15)13(9)18-8-12-3-4-17(2)16-12/h3-6H,7-8,15H2,1-2H3. The van der Waals surface area contributed by atoms with Gasteiger partial charge in [-0.3, -0.25) is 4.68 Å². The van der Waals surface area contributed by atoms with E-state index in [1.165, 1.54) is 0 Å². The van der Waals surface area contributed by atoms with E-state index < -0.39 is 0 Å². The number of ether oxygens (including phenoxy) is 1. The fourth-order valence-electron chi connectivity index (χ4n) is 1.84. The van der Waals surface area contributed by atoms with Gasteiger partial charge in [0.15, 0.2) is 0 Å². The molecule has 0 aliphatic heterocycles. The van der Waals surface area contributed by atoms with Crippen LogP contribution < -0.4 is 10.5 Å². The molecule has 0 aliphatic rings. The van der Waals surface area contributed by atoms with E-state index in [-0.39, 0.29) is 0 Å². The summed E-state index contributed by atoms with van der Waals surface area (Å²) >= 11 is 3.46.